The fourth-order valence-corrected chi connectivity index (χ4v) is 5.49. The molecule has 1 aliphatic heterocycles. The number of benzene rings is 5. The van der Waals surface area contributed by atoms with Gasteiger partial charge in [0.15, 0.2) is 12.7 Å². The van der Waals surface area contributed by atoms with Gasteiger partial charge in [0.25, 0.3) is 5.79 Å². The molecule has 0 N–H and O–H groups in total. The van der Waals surface area contributed by atoms with Crippen molar-refractivity contribution in [3.8, 4) is 11.5 Å². The molecule has 5 aromatic carbocycles. The molecule has 1 aliphatic rings. The van der Waals surface area contributed by atoms with Gasteiger partial charge >= 0.3 is 23.9 Å². The smallest absolute Gasteiger partial charge is 0.338 e. The molecule has 11 heteroatoms. The summed E-state index contributed by atoms with van der Waals surface area (Å²) >= 11 is 0. The van der Waals surface area contributed by atoms with Crippen molar-refractivity contribution in [2.75, 3.05) is 20.3 Å². The molecular formula is C41H34O11. The fraction of sp³-hybridized carbons (Fsp3) is 0.171. The first kappa shape index (κ1) is 35.4. The second kappa shape index (κ2) is 16.5. The maximum absolute atomic E-state index is 13.8. The van der Waals surface area contributed by atoms with Crippen LogP contribution in [0.15, 0.2) is 146 Å². The van der Waals surface area contributed by atoms with Crippen LogP contribution in [-0.4, -0.2) is 68.3 Å². The molecule has 11 nitrogen and oxygen atoms in total. The van der Waals surface area contributed by atoms with Crippen LogP contribution < -0.4 is 9.47 Å². The Morgan fingerprint density at radius 1 is 0.538 bits per heavy atom. The molecule has 264 valence electrons. The van der Waals surface area contributed by atoms with Gasteiger partial charge in [0.2, 0.25) is 6.10 Å². The van der Waals surface area contributed by atoms with E-state index in [1.807, 2.05) is 0 Å². The van der Waals surface area contributed by atoms with Gasteiger partial charge in [0, 0.05) is 0 Å². The Bertz CT molecular complexity index is 1950. The molecule has 0 amide bonds. The van der Waals surface area contributed by atoms with Crippen molar-refractivity contribution in [1.82, 2.24) is 0 Å². The minimum Gasteiger partial charge on any atom is -0.497 e. The third-order valence-electron chi connectivity index (χ3n) is 8.10. The minimum absolute atomic E-state index is 0.175. The molecule has 4 atom stereocenters. The zero-order valence-electron chi connectivity index (χ0n) is 28.0. The molecule has 0 radical (unpaired) electrons. The molecule has 0 saturated carbocycles. The lowest BCUT2D eigenvalue weighted by Gasteiger charge is -2.34. The van der Waals surface area contributed by atoms with Gasteiger partial charge in [0.1, 0.15) is 24.2 Å². The van der Waals surface area contributed by atoms with Gasteiger partial charge in [-0.15, -0.1) is 0 Å². The Kier molecular flexibility index (Phi) is 11.2. The van der Waals surface area contributed by atoms with Gasteiger partial charge in [-0.3, -0.25) is 0 Å². The summed E-state index contributed by atoms with van der Waals surface area (Å²) in [7, 11) is 1.51. The number of ether oxygens (including phenoxy) is 7. The minimum atomic E-state index is -2.14. The first-order valence-corrected chi connectivity index (χ1v) is 16.3. The van der Waals surface area contributed by atoms with Gasteiger partial charge in [-0.25, -0.2) is 19.2 Å². The van der Waals surface area contributed by atoms with E-state index < -0.39 is 61.2 Å². The van der Waals surface area contributed by atoms with Crippen LogP contribution in [0, 0.1) is 0 Å². The highest BCUT2D eigenvalue weighted by Gasteiger charge is 2.63. The molecule has 0 aliphatic carbocycles. The van der Waals surface area contributed by atoms with E-state index in [0.717, 1.165) is 0 Å². The zero-order valence-corrected chi connectivity index (χ0v) is 28.0. The Morgan fingerprint density at radius 2 is 0.962 bits per heavy atom. The van der Waals surface area contributed by atoms with Gasteiger partial charge in [0.05, 0.1) is 29.4 Å². The molecule has 0 spiro atoms. The zero-order chi connectivity index (χ0) is 36.3. The Morgan fingerprint density at radius 3 is 1.44 bits per heavy atom. The van der Waals surface area contributed by atoms with Crippen molar-refractivity contribution in [1.29, 1.82) is 0 Å². The van der Waals surface area contributed by atoms with E-state index in [-0.39, 0.29) is 28.0 Å². The van der Waals surface area contributed by atoms with Crippen LogP contribution in [0.1, 0.15) is 41.4 Å². The Labute approximate surface area is 299 Å². The summed E-state index contributed by atoms with van der Waals surface area (Å²) < 4.78 is 41.9. The lowest BCUT2D eigenvalue weighted by atomic mass is 10.0. The number of hydrogen-bond donors (Lipinski definition) is 0. The standard InChI is InChI=1S/C41H34O11/c1-46-32-22-24-33(25-23-32)51-41(27-48-38(43)29-16-8-3-9-17-29)36(50-40(45)31-20-12-5-13-21-31)35(49-39(44)30-18-10-4-11-19-30)34(52-41)26-47-37(42)28-14-6-2-7-15-28/h2-25,34-36H,26-27H2,1H3/t34-,35-,36+,41+/m1/s1. The third-order valence-corrected chi connectivity index (χ3v) is 8.10. The molecule has 1 heterocycles. The van der Waals surface area contributed by atoms with Gasteiger partial charge in [-0.05, 0) is 72.8 Å². The number of hydrogen-bond acceptors (Lipinski definition) is 11. The van der Waals surface area contributed by atoms with Crippen LogP contribution in [0.5, 0.6) is 11.5 Å². The summed E-state index contributed by atoms with van der Waals surface area (Å²) in [4.78, 5) is 53.8. The summed E-state index contributed by atoms with van der Waals surface area (Å²) in [6, 6.07) is 39.2. The molecular weight excluding hydrogens is 668 g/mol. The molecule has 0 aromatic heterocycles. The highest BCUT2D eigenvalue weighted by atomic mass is 16.8. The number of carbonyl (C=O) groups excluding carboxylic acids is 4. The van der Waals surface area contributed by atoms with Crippen molar-refractivity contribution in [3.63, 3.8) is 0 Å². The van der Waals surface area contributed by atoms with Crippen LogP contribution in [0.25, 0.3) is 0 Å². The molecule has 52 heavy (non-hydrogen) atoms. The van der Waals surface area contributed by atoms with Crippen LogP contribution in [0.2, 0.25) is 0 Å². The summed E-state index contributed by atoms with van der Waals surface area (Å²) in [5.41, 5.74) is 0.871. The van der Waals surface area contributed by atoms with Gasteiger partial charge in [-0.2, -0.15) is 0 Å². The lowest BCUT2D eigenvalue weighted by molar-refractivity contribution is -0.230. The van der Waals surface area contributed by atoms with Gasteiger partial charge < -0.3 is 33.2 Å². The molecule has 0 bridgehead atoms. The van der Waals surface area contributed by atoms with Crippen LogP contribution >= 0.6 is 0 Å². The van der Waals surface area contributed by atoms with E-state index in [2.05, 4.69) is 0 Å². The molecule has 0 unspecified atom stereocenters. The maximum Gasteiger partial charge on any atom is 0.338 e. The number of rotatable bonds is 13. The lowest BCUT2D eigenvalue weighted by Crippen LogP contribution is -2.54. The van der Waals surface area contributed by atoms with Crippen molar-refractivity contribution >= 4 is 23.9 Å². The topological polar surface area (TPSA) is 133 Å². The second-order valence-electron chi connectivity index (χ2n) is 11.6. The van der Waals surface area contributed by atoms with Crippen LogP contribution in [-0.2, 0) is 23.7 Å². The van der Waals surface area contributed by atoms with Crippen LogP contribution in [0.3, 0.4) is 0 Å². The SMILES string of the molecule is COc1ccc(O[C@@]2(COC(=O)c3ccccc3)O[C@H](COC(=O)c3ccccc3)[C@@H](OC(=O)c3ccccc3)[C@@H]2OC(=O)c2ccccc2)cc1. The Balaban J connectivity index is 1.42. The average Bonchev–Trinajstić information content (AvgIpc) is 3.47. The van der Waals surface area contributed by atoms with E-state index in [0.29, 0.717) is 5.75 Å². The first-order chi connectivity index (χ1) is 25.3. The normalized spacial score (nSPS) is 19.1. The summed E-state index contributed by atoms with van der Waals surface area (Å²) in [6.45, 7) is -1.12. The van der Waals surface area contributed by atoms with E-state index in [1.165, 1.54) is 7.11 Å². The summed E-state index contributed by atoms with van der Waals surface area (Å²) in [5, 5.41) is 0. The first-order valence-electron chi connectivity index (χ1n) is 16.3. The van der Waals surface area contributed by atoms with Crippen molar-refractivity contribution < 1.29 is 52.3 Å². The highest BCUT2D eigenvalue weighted by molar-refractivity contribution is 5.91. The molecule has 1 fully saturated rings. The second-order valence-corrected chi connectivity index (χ2v) is 11.6. The van der Waals surface area contributed by atoms with E-state index in [9.17, 15) is 19.2 Å². The average molecular weight is 703 g/mol. The number of carbonyl (C=O) groups is 4. The van der Waals surface area contributed by atoms with Gasteiger partial charge in [-0.1, -0.05) is 72.8 Å². The maximum atomic E-state index is 13.8. The molecule has 5 aromatic rings. The van der Waals surface area contributed by atoms with E-state index in [4.69, 9.17) is 33.2 Å². The summed E-state index contributed by atoms with van der Waals surface area (Å²) in [6.07, 6.45) is -4.32. The Hall–Kier alpha value is -6.46. The fourth-order valence-electron chi connectivity index (χ4n) is 5.49. The predicted octanol–water partition coefficient (Wildman–Crippen LogP) is 6.33. The van der Waals surface area contributed by atoms with Crippen LogP contribution in [0.4, 0.5) is 0 Å². The largest absolute Gasteiger partial charge is 0.497 e. The third kappa shape index (κ3) is 8.45. The van der Waals surface area contributed by atoms with E-state index >= 15 is 0 Å². The molecule has 1 saturated heterocycles. The van der Waals surface area contributed by atoms with Crippen molar-refractivity contribution in [3.05, 3.63) is 168 Å². The van der Waals surface area contributed by atoms with E-state index in [1.54, 1.807) is 146 Å². The number of esters is 4. The van der Waals surface area contributed by atoms with Crippen molar-refractivity contribution in [2.45, 2.75) is 24.1 Å². The quantitative estimate of drug-likeness (QED) is 0.101. The number of methoxy groups -OCH3 is 1. The van der Waals surface area contributed by atoms with Crippen molar-refractivity contribution in [2.24, 2.45) is 0 Å². The molecule has 6 rings (SSSR count). The predicted molar refractivity (Wildman–Crippen MR) is 186 cm³/mol. The summed E-state index contributed by atoms with van der Waals surface area (Å²) in [5.74, 6) is -4.42. The highest BCUT2D eigenvalue weighted by Crippen LogP contribution is 2.40. The monoisotopic (exact) mass is 702 g/mol.